The number of nitrogens with one attached hydrogen (secondary N) is 1. The van der Waals surface area contributed by atoms with Gasteiger partial charge in [-0.2, -0.15) is 0 Å². The van der Waals surface area contributed by atoms with Gasteiger partial charge in [0.15, 0.2) is 0 Å². The number of rotatable bonds is 4. The van der Waals surface area contributed by atoms with E-state index >= 15 is 0 Å². The second-order valence-corrected chi connectivity index (χ2v) is 6.99. The zero-order valence-corrected chi connectivity index (χ0v) is 16.1. The maximum Gasteiger partial charge on any atom is 0.238 e. The molecule has 1 amide bonds. The molecular weight excluding hydrogens is 384 g/mol. The highest BCUT2D eigenvalue weighted by molar-refractivity contribution is 7.80. The summed E-state index contributed by atoms with van der Waals surface area (Å²) in [6.45, 7) is 2.21. The van der Waals surface area contributed by atoms with Gasteiger partial charge >= 0.3 is 0 Å². The third-order valence-corrected chi connectivity index (χ3v) is 5.00. The van der Waals surface area contributed by atoms with E-state index in [-0.39, 0.29) is 22.4 Å². The molecule has 2 aromatic carbocycles. The fourth-order valence-corrected chi connectivity index (χ4v) is 3.65. The maximum atomic E-state index is 14.1. The molecule has 3 N–H and O–H groups in total. The van der Waals surface area contributed by atoms with Crippen LogP contribution in [0.5, 0.6) is 5.75 Å². The molecule has 0 saturated heterocycles. The maximum absolute atomic E-state index is 14.1. The van der Waals surface area contributed by atoms with E-state index in [1.54, 1.807) is 0 Å². The summed E-state index contributed by atoms with van der Waals surface area (Å²) in [4.78, 5) is 12.5. The van der Waals surface area contributed by atoms with E-state index in [0.717, 1.165) is 17.7 Å². The Balaban J connectivity index is 1.95. The number of carbonyl (C=O) groups excluding carboxylic acids is 1. The second kappa shape index (κ2) is 8.62. The van der Waals surface area contributed by atoms with Crippen LogP contribution in [0.1, 0.15) is 30.5 Å². The van der Waals surface area contributed by atoms with Crippen LogP contribution in [0, 0.1) is 17.6 Å². The number of thiocarbonyl (C=S) groups is 1. The van der Waals surface area contributed by atoms with Crippen LogP contribution in [0.15, 0.2) is 42.5 Å². The number of fused-ring (bicyclic) bond motifs is 1. The van der Waals surface area contributed by atoms with Gasteiger partial charge in [0.2, 0.25) is 5.91 Å². The number of hydrogen-bond acceptors (Lipinski definition) is 4. The van der Waals surface area contributed by atoms with Gasteiger partial charge < -0.3 is 10.5 Å². The van der Waals surface area contributed by atoms with Crippen molar-refractivity contribution in [3.8, 4) is 5.75 Å². The van der Waals surface area contributed by atoms with Crippen molar-refractivity contribution in [2.45, 2.75) is 19.4 Å². The Morgan fingerprint density at radius 2 is 2.07 bits per heavy atom. The molecule has 2 atom stereocenters. The van der Waals surface area contributed by atoms with Crippen LogP contribution >= 0.6 is 12.2 Å². The van der Waals surface area contributed by atoms with Gasteiger partial charge in [-0.15, -0.1) is 0 Å². The van der Waals surface area contributed by atoms with Crippen LogP contribution in [-0.4, -0.2) is 29.1 Å². The number of halogens is 2. The normalized spacial score (nSPS) is 18.0. The monoisotopic (exact) mass is 405 g/mol. The number of hydrazine groups is 1. The van der Waals surface area contributed by atoms with Crippen molar-refractivity contribution in [3.63, 3.8) is 0 Å². The first-order valence-corrected chi connectivity index (χ1v) is 9.30. The molecule has 3 rings (SSSR count). The number of nitrogens with two attached hydrogens (primary N) is 1. The van der Waals surface area contributed by atoms with Gasteiger partial charge in [0.05, 0.1) is 12.6 Å². The van der Waals surface area contributed by atoms with Gasteiger partial charge in [-0.05, 0) is 31.2 Å². The van der Waals surface area contributed by atoms with Crippen molar-refractivity contribution in [3.05, 3.63) is 65.2 Å². The lowest BCUT2D eigenvalue weighted by atomic mass is 9.87. The molecule has 8 heteroatoms. The van der Waals surface area contributed by atoms with E-state index in [4.69, 9.17) is 22.7 Å². The van der Waals surface area contributed by atoms with Crippen molar-refractivity contribution in [1.29, 1.82) is 0 Å². The van der Waals surface area contributed by atoms with Crippen molar-refractivity contribution in [1.82, 2.24) is 10.4 Å². The third kappa shape index (κ3) is 4.13. The molecule has 0 saturated carbocycles. The second-order valence-electron chi connectivity index (χ2n) is 6.59. The Labute approximate surface area is 167 Å². The fraction of sp³-hybridized carbons (Fsp3) is 0.300. The molecule has 0 radical (unpaired) electrons. The summed E-state index contributed by atoms with van der Waals surface area (Å²) in [5.41, 5.74) is 9.43. The number of carbonyl (C=O) groups is 1. The summed E-state index contributed by atoms with van der Waals surface area (Å²) in [6.07, 6.45) is 0.627. The van der Waals surface area contributed by atoms with Gasteiger partial charge in [-0.3, -0.25) is 10.2 Å². The Hall–Kier alpha value is -2.58. The van der Waals surface area contributed by atoms with Gasteiger partial charge in [-0.1, -0.05) is 30.4 Å². The van der Waals surface area contributed by atoms with Crippen LogP contribution < -0.4 is 15.9 Å². The van der Waals surface area contributed by atoms with E-state index in [9.17, 15) is 13.6 Å². The van der Waals surface area contributed by atoms with Gasteiger partial charge in [0.25, 0.3) is 0 Å². The number of amides is 1. The Morgan fingerprint density at radius 1 is 1.32 bits per heavy atom. The van der Waals surface area contributed by atoms with Gasteiger partial charge in [0.1, 0.15) is 22.4 Å². The first kappa shape index (κ1) is 20.2. The predicted octanol–water partition coefficient (Wildman–Crippen LogP) is 3.09. The highest BCUT2D eigenvalue weighted by atomic mass is 32.1. The van der Waals surface area contributed by atoms with Crippen molar-refractivity contribution < 1.29 is 18.3 Å². The minimum atomic E-state index is -0.799. The molecule has 0 aromatic heterocycles. The molecule has 2 unspecified atom stereocenters. The number of benzene rings is 2. The highest BCUT2D eigenvalue weighted by Gasteiger charge is 2.37. The van der Waals surface area contributed by atoms with E-state index in [1.165, 1.54) is 18.0 Å². The van der Waals surface area contributed by atoms with Crippen molar-refractivity contribution in [2.24, 2.45) is 11.7 Å². The summed E-state index contributed by atoms with van der Waals surface area (Å²) in [5, 5.41) is 1.38. The first-order valence-electron chi connectivity index (χ1n) is 8.90. The average molecular weight is 405 g/mol. The summed E-state index contributed by atoms with van der Waals surface area (Å²) in [7, 11) is 0. The molecule has 1 aliphatic rings. The molecule has 0 spiro atoms. The lowest BCUT2D eigenvalue weighted by Gasteiger charge is -2.40. The quantitative estimate of drug-likeness (QED) is 0.604. The van der Waals surface area contributed by atoms with Crippen molar-refractivity contribution in [2.75, 3.05) is 13.2 Å². The lowest BCUT2D eigenvalue weighted by Crippen LogP contribution is -2.51. The fourth-order valence-electron chi connectivity index (χ4n) is 3.39. The number of nitrogens with zero attached hydrogens (tertiary/aromatic N) is 1. The summed E-state index contributed by atoms with van der Waals surface area (Å²) >= 11 is 5.29. The molecule has 0 bridgehead atoms. The van der Waals surface area contributed by atoms with Crippen LogP contribution in [0.4, 0.5) is 8.78 Å². The average Bonchev–Trinajstić information content (AvgIpc) is 2.66. The summed E-state index contributed by atoms with van der Waals surface area (Å²) in [5.74, 6) is -1.20. The van der Waals surface area contributed by atoms with Crippen molar-refractivity contribution >= 4 is 23.1 Å². The summed E-state index contributed by atoms with van der Waals surface area (Å²) in [6, 6.07) is 10.1. The third-order valence-electron chi connectivity index (χ3n) is 4.69. The minimum Gasteiger partial charge on any atom is -0.493 e. The molecule has 1 heterocycles. The SMILES string of the molecule is CC(=O)N(NC(=S)c1ccc(F)cc1F)C1c2ccccc2OCC1CCN. The Morgan fingerprint density at radius 3 is 2.75 bits per heavy atom. The first-order chi connectivity index (χ1) is 13.4. The predicted molar refractivity (Wildman–Crippen MR) is 106 cm³/mol. The largest absolute Gasteiger partial charge is 0.493 e. The lowest BCUT2D eigenvalue weighted by molar-refractivity contribution is -0.135. The molecule has 5 nitrogen and oxygen atoms in total. The van der Waals surface area contributed by atoms with Crippen LogP contribution in [0.2, 0.25) is 0 Å². The Bertz CT molecular complexity index is 894. The van der Waals surface area contributed by atoms with Crippen LogP contribution in [0.3, 0.4) is 0 Å². The van der Waals surface area contributed by atoms with Gasteiger partial charge in [0, 0.05) is 30.0 Å². The highest BCUT2D eigenvalue weighted by Crippen LogP contribution is 2.40. The van der Waals surface area contributed by atoms with Gasteiger partial charge in [-0.25, -0.2) is 13.8 Å². The molecule has 148 valence electrons. The number of para-hydroxylation sites is 1. The Kier molecular flexibility index (Phi) is 6.21. The smallest absolute Gasteiger partial charge is 0.238 e. The zero-order valence-electron chi connectivity index (χ0n) is 15.3. The van der Waals surface area contributed by atoms with Crippen LogP contribution in [0.25, 0.3) is 0 Å². The molecular formula is C20H21F2N3O2S. The van der Waals surface area contributed by atoms with E-state index in [0.29, 0.717) is 25.3 Å². The molecule has 0 aliphatic carbocycles. The number of hydrogen-bond donors (Lipinski definition) is 2. The topological polar surface area (TPSA) is 67.6 Å². The molecule has 2 aromatic rings. The zero-order chi connectivity index (χ0) is 20.3. The number of ether oxygens (including phenoxy) is 1. The van der Waals surface area contributed by atoms with E-state index < -0.39 is 17.7 Å². The standard InChI is InChI=1S/C20H21F2N3O2S/c1-12(26)25(24-20(28)15-7-6-14(21)10-17(15)22)19-13(8-9-23)11-27-18-5-3-2-4-16(18)19/h2-7,10,13,19H,8-9,11,23H2,1H3,(H,24,28). The minimum absolute atomic E-state index is 0.0110. The van der Waals surface area contributed by atoms with E-state index in [2.05, 4.69) is 5.43 Å². The molecule has 1 aliphatic heterocycles. The van der Waals surface area contributed by atoms with Crippen LogP contribution in [-0.2, 0) is 4.79 Å². The molecule has 0 fully saturated rings. The van der Waals surface area contributed by atoms with E-state index in [1.807, 2.05) is 24.3 Å². The molecule has 28 heavy (non-hydrogen) atoms. The summed E-state index contributed by atoms with van der Waals surface area (Å²) < 4.78 is 33.1.